The number of benzene rings is 2. The molecule has 1 amide bonds. The van der Waals surface area contributed by atoms with Gasteiger partial charge in [0.05, 0.1) is 12.7 Å². The molecule has 28 heavy (non-hydrogen) atoms. The van der Waals surface area contributed by atoms with Crippen LogP contribution in [0.1, 0.15) is 15.9 Å². The third-order valence-corrected chi connectivity index (χ3v) is 6.03. The summed E-state index contributed by atoms with van der Waals surface area (Å²) in [5.41, 5.74) is 4.11. The van der Waals surface area contributed by atoms with Crippen molar-refractivity contribution in [1.82, 2.24) is 9.97 Å². The van der Waals surface area contributed by atoms with Gasteiger partial charge in [-0.3, -0.25) is 4.79 Å². The van der Waals surface area contributed by atoms with Crippen molar-refractivity contribution < 1.29 is 9.53 Å². The summed E-state index contributed by atoms with van der Waals surface area (Å²) in [5, 5.41) is 3.88. The third kappa shape index (κ3) is 3.63. The van der Waals surface area contributed by atoms with Crippen LogP contribution in [0.2, 0.25) is 0 Å². The first-order chi connectivity index (χ1) is 13.5. The van der Waals surface area contributed by atoms with Crippen LogP contribution < -0.4 is 10.1 Å². The van der Waals surface area contributed by atoms with Crippen LogP contribution in [0.4, 0.5) is 5.69 Å². The summed E-state index contributed by atoms with van der Waals surface area (Å²) in [6.07, 6.45) is 1.77. The average molecular weight is 454 g/mol. The molecule has 1 N–H and O–H groups in total. The zero-order valence-corrected chi connectivity index (χ0v) is 17.6. The van der Waals surface area contributed by atoms with E-state index in [1.54, 1.807) is 42.8 Å². The zero-order valence-electron chi connectivity index (χ0n) is 15.2. The minimum Gasteiger partial charge on any atom is -0.497 e. The Morgan fingerprint density at radius 3 is 2.79 bits per heavy atom. The summed E-state index contributed by atoms with van der Waals surface area (Å²) in [6.45, 7) is 1.96. The van der Waals surface area contributed by atoms with E-state index in [0.717, 1.165) is 32.2 Å². The van der Waals surface area contributed by atoms with Crippen molar-refractivity contribution >= 4 is 49.2 Å². The molecule has 0 aliphatic carbocycles. The van der Waals surface area contributed by atoms with Crippen molar-refractivity contribution in [3.63, 3.8) is 0 Å². The maximum Gasteiger partial charge on any atom is 0.256 e. The van der Waals surface area contributed by atoms with Crippen LogP contribution in [0.5, 0.6) is 5.75 Å². The monoisotopic (exact) mass is 453 g/mol. The van der Waals surface area contributed by atoms with Gasteiger partial charge in [0.25, 0.3) is 5.91 Å². The lowest BCUT2D eigenvalue weighted by Gasteiger charge is -2.11. The number of amides is 1. The molecule has 7 heteroatoms. The van der Waals surface area contributed by atoms with Gasteiger partial charge in [-0.2, -0.15) is 0 Å². The summed E-state index contributed by atoms with van der Waals surface area (Å²) >= 11 is 4.97. The number of fused-ring (bicyclic) bond motifs is 1. The molecule has 0 unspecified atom stereocenters. The molecular formula is C21H16BrN3O2S. The quantitative estimate of drug-likeness (QED) is 0.430. The molecule has 4 aromatic rings. The first-order valence-corrected chi connectivity index (χ1v) is 10.1. The number of pyridine rings is 1. The molecule has 0 spiro atoms. The fraction of sp³-hybridized carbons (Fsp3) is 0.0952. The second kappa shape index (κ2) is 7.69. The molecule has 0 atom stereocenters. The van der Waals surface area contributed by atoms with Gasteiger partial charge < -0.3 is 10.1 Å². The Morgan fingerprint density at radius 1 is 1.18 bits per heavy atom. The van der Waals surface area contributed by atoms with Crippen LogP contribution in [0, 0.1) is 6.92 Å². The molecule has 0 aliphatic rings. The number of carbonyl (C=O) groups excluding carboxylic acids is 1. The molecule has 0 bridgehead atoms. The first kappa shape index (κ1) is 18.6. The van der Waals surface area contributed by atoms with E-state index in [1.807, 2.05) is 37.3 Å². The fourth-order valence-corrected chi connectivity index (χ4v) is 4.16. The number of anilines is 1. The van der Waals surface area contributed by atoms with E-state index in [2.05, 4.69) is 31.2 Å². The molecule has 140 valence electrons. The number of aryl methyl sites for hydroxylation is 1. The molecule has 2 aromatic heterocycles. The van der Waals surface area contributed by atoms with E-state index < -0.39 is 0 Å². The Bertz CT molecular complexity index is 1160. The summed E-state index contributed by atoms with van der Waals surface area (Å²) < 4.78 is 5.92. The number of rotatable bonds is 4. The number of halogens is 1. The number of aromatic nitrogens is 2. The van der Waals surface area contributed by atoms with Gasteiger partial charge in [-0.1, -0.05) is 11.3 Å². The normalized spacial score (nSPS) is 10.8. The number of hydrogen-bond acceptors (Lipinski definition) is 5. The lowest BCUT2D eigenvalue weighted by Crippen LogP contribution is -2.13. The maximum absolute atomic E-state index is 12.7. The Balaban J connectivity index is 1.60. The largest absolute Gasteiger partial charge is 0.497 e. The van der Waals surface area contributed by atoms with Crippen LogP contribution in [-0.4, -0.2) is 23.0 Å². The topological polar surface area (TPSA) is 64.1 Å². The van der Waals surface area contributed by atoms with Gasteiger partial charge in [-0.05, 0) is 76.9 Å². The van der Waals surface area contributed by atoms with Crippen molar-refractivity contribution in [2.75, 3.05) is 12.4 Å². The highest BCUT2D eigenvalue weighted by atomic mass is 79.9. The second-order valence-electron chi connectivity index (χ2n) is 6.18. The van der Waals surface area contributed by atoms with E-state index in [-0.39, 0.29) is 5.91 Å². The lowest BCUT2D eigenvalue weighted by molar-refractivity contribution is 0.102. The number of methoxy groups -OCH3 is 1. The maximum atomic E-state index is 12.7. The van der Waals surface area contributed by atoms with Crippen LogP contribution in [0.25, 0.3) is 20.9 Å². The van der Waals surface area contributed by atoms with Gasteiger partial charge in [0.15, 0.2) is 0 Å². The van der Waals surface area contributed by atoms with E-state index in [4.69, 9.17) is 4.74 Å². The predicted octanol–water partition coefficient (Wildman–Crippen LogP) is 5.69. The number of hydrogen-bond donors (Lipinski definition) is 1. The van der Waals surface area contributed by atoms with Gasteiger partial charge in [-0.15, -0.1) is 0 Å². The Hall–Kier alpha value is -2.77. The number of carbonyl (C=O) groups is 1. The Kier molecular flexibility index (Phi) is 5.11. The van der Waals surface area contributed by atoms with E-state index >= 15 is 0 Å². The van der Waals surface area contributed by atoms with Gasteiger partial charge in [0, 0.05) is 21.9 Å². The fourth-order valence-electron chi connectivity index (χ4n) is 2.83. The summed E-state index contributed by atoms with van der Waals surface area (Å²) in [6, 6.07) is 15.0. The summed E-state index contributed by atoms with van der Waals surface area (Å²) in [7, 11) is 1.57. The van der Waals surface area contributed by atoms with Crippen molar-refractivity contribution in [3.05, 3.63) is 70.3 Å². The number of ether oxygens (including phenoxy) is 1. The molecule has 4 rings (SSSR count). The highest BCUT2D eigenvalue weighted by Gasteiger charge is 2.14. The smallest absolute Gasteiger partial charge is 0.256 e. The molecule has 0 fully saturated rings. The van der Waals surface area contributed by atoms with Crippen molar-refractivity contribution in [3.8, 4) is 16.3 Å². The molecule has 0 aliphatic heterocycles. The van der Waals surface area contributed by atoms with Crippen molar-refractivity contribution in [2.45, 2.75) is 6.92 Å². The molecule has 0 saturated heterocycles. The molecule has 2 heterocycles. The van der Waals surface area contributed by atoms with E-state index in [0.29, 0.717) is 15.8 Å². The summed E-state index contributed by atoms with van der Waals surface area (Å²) in [4.78, 5) is 22.6. The SMILES string of the molecule is COc1ccc(Br)c(C(=O)Nc2ccc(-c3nc4cccnc4s3)cc2C)c1. The van der Waals surface area contributed by atoms with Crippen LogP contribution in [0.15, 0.2) is 59.2 Å². The van der Waals surface area contributed by atoms with Gasteiger partial charge in [0.2, 0.25) is 0 Å². The molecule has 2 aromatic carbocycles. The molecule has 5 nitrogen and oxygen atoms in total. The number of thiazole rings is 1. The highest BCUT2D eigenvalue weighted by Crippen LogP contribution is 2.31. The second-order valence-corrected chi connectivity index (χ2v) is 8.01. The van der Waals surface area contributed by atoms with Crippen LogP contribution in [0.3, 0.4) is 0 Å². The van der Waals surface area contributed by atoms with E-state index in [9.17, 15) is 4.79 Å². The number of nitrogens with zero attached hydrogens (tertiary/aromatic N) is 2. The zero-order chi connectivity index (χ0) is 19.7. The molecule has 0 saturated carbocycles. The minimum atomic E-state index is -0.203. The predicted molar refractivity (Wildman–Crippen MR) is 116 cm³/mol. The third-order valence-electron chi connectivity index (χ3n) is 4.31. The van der Waals surface area contributed by atoms with Crippen LogP contribution in [-0.2, 0) is 0 Å². The molecule has 0 radical (unpaired) electrons. The molecular weight excluding hydrogens is 438 g/mol. The summed E-state index contributed by atoms with van der Waals surface area (Å²) in [5.74, 6) is 0.427. The Morgan fingerprint density at radius 2 is 2.04 bits per heavy atom. The first-order valence-electron chi connectivity index (χ1n) is 8.52. The highest BCUT2D eigenvalue weighted by molar-refractivity contribution is 9.10. The lowest BCUT2D eigenvalue weighted by atomic mass is 10.1. The average Bonchev–Trinajstić information content (AvgIpc) is 3.14. The van der Waals surface area contributed by atoms with Gasteiger partial charge in [-0.25, -0.2) is 9.97 Å². The van der Waals surface area contributed by atoms with Gasteiger partial charge >= 0.3 is 0 Å². The van der Waals surface area contributed by atoms with Gasteiger partial charge in [0.1, 0.15) is 21.1 Å². The Labute approximate surface area is 174 Å². The van der Waals surface area contributed by atoms with E-state index in [1.165, 1.54) is 0 Å². The van der Waals surface area contributed by atoms with Crippen LogP contribution >= 0.6 is 27.3 Å². The standard InChI is InChI=1S/C21H16BrN3O2S/c1-12-10-13(20-25-18-4-3-9-23-21(18)28-20)5-8-17(12)24-19(26)15-11-14(27-2)6-7-16(15)22/h3-11H,1-2H3,(H,24,26). The van der Waals surface area contributed by atoms with Crippen molar-refractivity contribution in [1.29, 1.82) is 0 Å². The van der Waals surface area contributed by atoms with Crippen molar-refractivity contribution in [2.24, 2.45) is 0 Å². The minimum absolute atomic E-state index is 0.203. The number of nitrogens with one attached hydrogen (secondary N) is 1.